The van der Waals surface area contributed by atoms with Crippen molar-refractivity contribution in [2.24, 2.45) is 5.92 Å². The van der Waals surface area contributed by atoms with E-state index in [0.29, 0.717) is 12.3 Å². The topological polar surface area (TPSA) is 41.1 Å². The van der Waals surface area contributed by atoms with Gasteiger partial charge in [-0.05, 0) is 61.2 Å². The Kier molecular flexibility index (Phi) is 6.68. The molecule has 102 valence electrons. The molecule has 0 bridgehead atoms. The van der Waals surface area contributed by atoms with E-state index in [9.17, 15) is 4.79 Å². The van der Waals surface area contributed by atoms with Crippen LogP contribution in [0.1, 0.15) is 25.3 Å². The molecule has 18 heavy (non-hydrogen) atoms. The molecule has 0 aromatic carbocycles. The molecule has 5 heteroatoms. The number of nitrogens with one attached hydrogen (secondary N) is 2. The molecular formula is C13H21ClN2OS. The molecule has 1 fully saturated rings. The van der Waals surface area contributed by atoms with Gasteiger partial charge in [-0.15, -0.1) is 12.4 Å². The number of piperidine rings is 1. The summed E-state index contributed by atoms with van der Waals surface area (Å²) in [4.78, 5) is 11.8. The van der Waals surface area contributed by atoms with Crippen LogP contribution >= 0.6 is 23.7 Å². The Morgan fingerprint density at radius 2 is 2.50 bits per heavy atom. The zero-order chi connectivity index (χ0) is 12.1. The SMILES string of the molecule is CC(NC(=O)Cc1ccsc1)C1CCCNC1.Cl. The summed E-state index contributed by atoms with van der Waals surface area (Å²) in [6.45, 7) is 4.26. The molecule has 2 rings (SSSR count). The third kappa shape index (κ3) is 4.59. The summed E-state index contributed by atoms with van der Waals surface area (Å²) in [5.41, 5.74) is 1.11. The first-order chi connectivity index (χ1) is 8.25. The Hall–Kier alpha value is -0.580. The molecule has 1 saturated heterocycles. The third-order valence-corrected chi connectivity index (χ3v) is 4.11. The number of thiophene rings is 1. The number of halogens is 1. The smallest absolute Gasteiger partial charge is 0.224 e. The lowest BCUT2D eigenvalue weighted by Gasteiger charge is -2.28. The largest absolute Gasteiger partial charge is 0.353 e. The minimum atomic E-state index is 0. The Balaban J connectivity index is 0.00000162. The van der Waals surface area contributed by atoms with Gasteiger partial charge >= 0.3 is 0 Å². The van der Waals surface area contributed by atoms with Crippen LogP contribution in [0.2, 0.25) is 0 Å². The molecule has 1 aliphatic heterocycles. The second-order valence-electron chi connectivity index (χ2n) is 4.77. The van der Waals surface area contributed by atoms with Crippen molar-refractivity contribution >= 4 is 29.7 Å². The number of carbonyl (C=O) groups is 1. The summed E-state index contributed by atoms with van der Waals surface area (Å²) in [7, 11) is 0. The van der Waals surface area contributed by atoms with Gasteiger partial charge in [0.1, 0.15) is 0 Å². The summed E-state index contributed by atoms with van der Waals surface area (Å²) in [6.07, 6.45) is 2.94. The molecule has 2 unspecified atom stereocenters. The minimum Gasteiger partial charge on any atom is -0.353 e. The van der Waals surface area contributed by atoms with Crippen LogP contribution in [0.4, 0.5) is 0 Å². The molecule has 2 atom stereocenters. The third-order valence-electron chi connectivity index (χ3n) is 3.38. The molecule has 0 saturated carbocycles. The fourth-order valence-electron chi connectivity index (χ4n) is 2.31. The highest BCUT2D eigenvalue weighted by Crippen LogP contribution is 2.14. The second kappa shape index (κ2) is 7.77. The standard InChI is InChI=1S/C13H20N2OS.ClH/c1-10(12-3-2-5-14-8-12)15-13(16)7-11-4-6-17-9-11;/h4,6,9-10,12,14H,2-3,5,7-8H2,1H3,(H,15,16);1H. The maximum atomic E-state index is 11.8. The van der Waals surface area contributed by atoms with Gasteiger partial charge in [-0.1, -0.05) is 0 Å². The van der Waals surface area contributed by atoms with Crippen molar-refractivity contribution in [2.75, 3.05) is 13.1 Å². The van der Waals surface area contributed by atoms with Gasteiger partial charge in [-0.25, -0.2) is 0 Å². The van der Waals surface area contributed by atoms with Crippen LogP contribution in [-0.2, 0) is 11.2 Å². The van der Waals surface area contributed by atoms with Gasteiger partial charge in [-0.3, -0.25) is 4.79 Å². The van der Waals surface area contributed by atoms with Crippen LogP contribution < -0.4 is 10.6 Å². The van der Waals surface area contributed by atoms with Crippen LogP contribution in [0, 0.1) is 5.92 Å². The van der Waals surface area contributed by atoms with E-state index >= 15 is 0 Å². The van der Waals surface area contributed by atoms with Crippen molar-refractivity contribution in [3.05, 3.63) is 22.4 Å². The average Bonchev–Trinajstić information content (AvgIpc) is 2.82. The van der Waals surface area contributed by atoms with Crippen LogP contribution in [0.3, 0.4) is 0 Å². The summed E-state index contributed by atoms with van der Waals surface area (Å²) < 4.78 is 0. The zero-order valence-electron chi connectivity index (χ0n) is 10.6. The number of rotatable bonds is 4. The number of carbonyl (C=O) groups excluding carboxylic acids is 1. The Morgan fingerprint density at radius 1 is 1.67 bits per heavy atom. The van der Waals surface area contributed by atoms with Gasteiger partial charge in [-0.2, -0.15) is 11.3 Å². The van der Waals surface area contributed by atoms with Gasteiger partial charge in [0, 0.05) is 6.04 Å². The lowest BCUT2D eigenvalue weighted by molar-refractivity contribution is -0.121. The fraction of sp³-hybridized carbons (Fsp3) is 0.615. The maximum absolute atomic E-state index is 11.8. The van der Waals surface area contributed by atoms with Crippen LogP contribution in [0.15, 0.2) is 16.8 Å². The Labute approximate surface area is 119 Å². The van der Waals surface area contributed by atoms with Gasteiger partial charge < -0.3 is 10.6 Å². The molecule has 1 amide bonds. The van der Waals surface area contributed by atoms with Crippen molar-refractivity contribution < 1.29 is 4.79 Å². The minimum absolute atomic E-state index is 0. The Bertz CT molecular complexity index is 350. The molecule has 0 radical (unpaired) electrons. The number of hydrogen-bond donors (Lipinski definition) is 2. The van der Waals surface area contributed by atoms with E-state index < -0.39 is 0 Å². The molecular weight excluding hydrogens is 268 g/mol. The summed E-state index contributed by atoms with van der Waals surface area (Å²) in [6, 6.07) is 2.28. The molecule has 3 nitrogen and oxygen atoms in total. The molecule has 1 aromatic rings. The summed E-state index contributed by atoms with van der Waals surface area (Å²) in [5, 5.41) is 10.5. The molecule has 1 aromatic heterocycles. The highest BCUT2D eigenvalue weighted by Gasteiger charge is 2.21. The Morgan fingerprint density at radius 3 is 3.11 bits per heavy atom. The molecule has 2 heterocycles. The highest BCUT2D eigenvalue weighted by atomic mass is 35.5. The number of hydrogen-bond acceptors (Lipinski definition) is 3. The monoisotopic (exact) mass is 288 g/mol. The average molecular weight is 289 g/mol. The lowest BCUT2D eigenvalue weighted by atomic mass is 9.92. The predicted octanol–water partition coefficient (Wildman–Crippen LogP) is 2.22. The van der Waals surface area contributed by atoms with E-state index in [1.165, 1.54) is 12.8 Å². The number of amides is 1. The van der Waals surface area contributed by atoms with E-state index in [4.69, 9.17) is 0 Å². The summed E-state index contributed by atoms with van der Waals surface area (Å²) >= 11 is 1.64. The fourth-order valence-corrected chi connectivity index (χ4v) is 2.98. The molecule has 0 spiro atoms. The van der Waals surface area contributed by atoms with E-state index in [2.05, 4.69) is 17.6 Å². The van der Waals surface area contributed by atoms with Gasteiger partial charge in [0.05, 0.1) is 6.42 Å². The first kappa shape index (κ1) is 15.5. The van der Waals surface area contributed by atoms with Crippen molar-refractivity contribution in [3.63, 3.8) is 0 Å². The predicted molar refractivity (Wildman–Crippen MR) is 78.5 cm³/mol. The molecule has 1 aliphatic rings. The van der Waals surface area contributed by atoms with E-state index in [1.54, 1.807) is 11.3 Å². The van der Waals surface area contributed by atoms with Gasteiger partial charge in [0.15, 0.2) is 0 Å². The van der Waals surface area contributed by atoms with E-state index in [1.807, 2.05) is 16.8 Å². The molecule has 0 aliphatic carbocycles. The zero-order valence-corrected chi connectivity index (χ0v) is 12.3. The van der Waals surface area contributed by atoms with Crippen molar-refractivity contribution in [2.45, 2.75) is 32.2 Å². The molecule has 2 N–H and O–H groups in total. The quantitative estimate of drug-likeness (QED) is 0.892. The highest BCUT2D eigenvalue weighted by molar-refractivity contribution is 7.07. The van der Waals surface area contributed by atoms with Crippen molar-refractivity contribution in [1.29, 1.82) is 0 Å². The lowest BCUT2D eigenvalue weighted by Crippen LogP contribution is -2.45. The van der Waals surface area contributed by atoms with Crippen LogP contribution in [-0.4, -0.2) is 25.0 Å². The first-order valence-electron chi connectivity index (χ1n) is 6.27. The second-order valence-corrected chi connectivity index (χ2v) is 5.55. The van der Waals surface area contributed by atoms with E-state index in [-0.39, 0.29) is 24.4 Å². The van der Waals surface area contributed by atoms with Crippen LogP contribution in [0.5, 0.6) is 0 Å². The van der Waals surface area contributed by atoms with E-state index in [0.717, 1.165) is 18.7 Å². The first-order valence-corrected chi connectivity index (χ1v) is 7.21. The van der Waals surface area contributed by atoms with Crippen molar-refractivity contribution in [3.8, 4) is 0 Å². The summed E-state index contributed by atoms with van der Waals surface area (Å²) in [5.74, 6) is 0.719. The maximum Gasteiger partial charge on any atom is 0.224 e. The normalized spacial score (nSPS) is 20.8. The van der Waals surface area contributed by atoms with Crippen LogP contribution in [0.25, 0.3) is 0 Å². The van der Waals surface area contributed by atoms with Crippen molar-refractivity contribution in [1.82, 2.24) is 10.6 Å². The van der Waals surface area contributed by atoms with Gasteiger partial charge in [0.25, 0.3) is 0 Å². The van der Waals surface area contributed by atoms with Gasteiger partial charge in [0.2, 0.25) is 5.91 Å².